The van der Waals surface area contributed by atoms with Gasteiger partial charge in [-0.1, -0.05) is 20.3 Å². The highest BCUT2D eigenvalue weighted by molar-refractivity contribution is 5.82. The van der Waals surface area contributed by atoms with Crippen molar-refractivity contribution in [2.24, 2.45) is 11.1 Å². The highest BCUT2D eigenvalue weighted by Gasteiger charge is 2.20. The zero-order chi connectivity index (χ0) is 15.2. The third-order valence-corrected chi connectivity index (χ3v) is 3.78. The molecular weight excluding hydrogens is 253 g/mol. The average Bonchev–Trinajstić information content (AvgIpc) is 2.40. The summed E-state index contributed by atoms with van der Waals surface area (Å²) in [6.45, 7) is 7.96. The SMILES string of the molecule is CCN(CCCCC(C)(C)C(=N)N)c1ccc(F)cc1. The van der Waals surface area contributed by atoms with Crippen LogP contribution in [0.25, 0.3) is 0 Å². The molecule has 0 amide bonds. The Labute approximate surface area is 121 Å². The van der Waals surface area contributed by atoms with Crippen LogP contribution in [0.5, 0.6) is 0 Å². The molecule has 0 aliphatic rings. The third-order valence-electron chi connectivity index (χ3n) is 3.78. The molecule has 0 saturated heterocycles. The Bertz CT molecular complexity index is 426. The molecule has 4 heteroatoms. The molecule has 0 radical (unpaired) electrons. The molecular formula is C16H26FN3. The van der Waals surface area contributed by atoms with Gasteiger partial charge in [0.1, 0.15) is 5.82 Å². The molecule has 3 nitrogen and oxygen atoms in total. The molecule has 0 saturated carbocycles. The Morgan fingerprint density at radius 3 is 2.35 bits per heavy atom. The van der Waals surface area contributed by atoms with Crippen LogP contribution in [-0.2, 0) is 0 Å². The lowest BCUT2D eigenvalue weighted by Crippen LogP contribution is -2.31. The second kappa shape index (κ2) is 7.27. The first-order valence-electron chi connectivity index (χ1n) is 7.22. The fourth-order valence-corrected chi connectivity index (χ4v) is 2.13. The van der Waals surface area contributed by atoms with Crippen molar-refractivity contribution in [3.63, 3.8) is 0 Å². The number of hydrogen-bond acceptors (Lipinski definition) is 2. The summed E-state index contributed by atoms with van der Waals surface area (Å²) in [7, 11) is 0. The number of nitrogens with two attached hydrogens (primary N) is 1. The van der Waals surface area contributed by atoms with Crippen LogP contribution in [0.3, 0.4) is 0 Å². The minimum atomic E-state index is -0.215. The fourth-order valence-electron chi connectivity index (χ4n) is 2.13. The molecule has 0 aliphatic heterocycles. The van der Waals surface area contributed by atoms with E-state index in [2.05, 4.69) is 11.8 Å². The van der Waals surface area contributed by atoms with E-state index < -0.39 is 0 Å². The molecule has 0 bridgehead atoms. The number of rotatable bonds is 8. The van der Waals surface area contributed by atoms with Crippen LogP contribution >= 0.6 is 0 Å². The van der Waals surface area contributed by atoms with E-state index in [1.165, 1.54) is 12.1 Å². The summed E-state index contributed by atoms with van der Waals surface area (Å²) >= 11 is 0. The van der Waals surface area contributed by atoms with Crippen molar-refractivity contribution < 1.29 is 4.39 Å². The van der Waals surface area contributed by atoms with Crippen molar-refractivity contribution in [2.45, 2.75) is 40.0 Å². The van der Waals surface area contributed by atoms with Crippen molar-refractivity contribution in [3.05, 3.63) is 30.1 Å². The standard InChI is InChI=1S/C16H26FN3/c1-4-20(14-9-7-13(17)8-10-14)12-6-5-11-16(2,3)15(18)19/h7-10H,4-6,11-12H2,1-3H3,(H3,18,19). The Morgan fingerprint density at radius 1 is 1.25 bits per heavy atom. The molecule has 0 atom stereocenters. The molecule has 1 rings (SSSR count). The predicted octanol–water partition coefficient (Wildman–Crippen LogP) is 3.78. The Morgan fingerprint density at radius 2 is 1.85 bits per heavy atom. The molecule has 0 aliphatic carbocycles. The maximum Gasteiger partial charge on any atom is 0.123 e. The minimum Gasteiger partial charge on any atom is -0.387 e. The van der Waals surface area contributed by atoms with Crippen LogP contribution in [-0.4, -0.2) is 18.9 Å². The number of nitrogens with zero attached hydrogens (tertiary/aromatic N) is 1. The van der Waals surface area contributed by atoms with E-state index >= 15 is 0 Å². The molecule has 0 aromatic heterocycles. The molecule has 3 N–H and O–H groups in total. The van der Waals surface area contributed by atoms with Gasteiger partial charge in [0.15, 0.2) is 0 Å². The van der Waals surface area contributed by atoms with Crippen LogP contribution in [0.1, 0.15) is 40.0 Å². The van der Waals surface area contributed by atoms with Crippen LogP contribution in [0, 0.1) is 16.6 Å². The second-order valence-electron chi connectivity index (χ2n) is 5.81. The number of nitrogens with one attached hydrogen (secondary N) is 1. The molecule has 0 heterocycles. The summed E-state index contributed by atoms with van der Waals surface area (Å²) in [6, 6.07) is 6.63. The Hall–Kier alpha value is -1.58. The van der Waals surface area contributed by atoms with E-state index in [1.54, 1.807) is 0 Å². The van der Waals surface area contributed by atoms with Crippen LogP contribution < -0.4 is 10.6 Å². The summed E-state index contributed by atoms with van der Waals surface area (Å²) in [5.74, 6) is 0.0522. The van der Waals surface area contributed by atoms with Gasteiger partial charge in [-0.2, -0.15) is 0 Å². The lowest BCUT2D eigenvalue weighted by Gasteiger charge is -2.25. The molecule has 0 spiro atoms. The summed E-state index contributed by atoms with van der Waals surface area (Å²) in [4.78, 5) is 2.24. The number of benzene rings is 1. The van der Waals surface area contributed by atoms with Crippen molar-refractivity contribution in [1.29, 1.82) is 5.41 Å². The molecule has 112 valence electrons. The number of unbranched alkanes of at least 4 members (excludes halogenated alkanes) is 1. The fraction of sp³-hybridized carbons (Fsp3) is 0.562. The van der Waals surface area contributed by atoms with Gasteiger partial charge in [0.05, 0.1) is 5.84 Å². The van der Waals surface area contributed by atoms with Crippen LogP contribution in [0.2, 0.25) is 0 Å². The molecule has 1 aromatic carbocycles. The van der Waals surface area contributed by atoms with Gasteiger partial charge in [-0.05, 0) is 44.0 Å². The maximum absolute atomic E-state index is 12.9. The maximum atomic E-state index is 12.9. The minimum absolute atomic E-state index is 0.201. The predicted molar refractivity (Wildman–Crippen MR) is 83.8 cm³/mol. The highest BCUT2D eigenvalue weighted by Crippen LogP contribution is 2.23. The summed E-state index contributed by atoms with van der Waals surface area (Å²) < 4.78 is 12.9. The number of anilines is 1. The van der Waals surface area contributed by atoms with E-state index in [0.29, 0.717) is 0 Å². The highest BCUT2D eigenvalue weighted by atomic mass is 19.1. The van der Waals surface area contributed by atoms with Gasteiger partial charge in [-0.15, -0.1) is 0 Å². The van der Waals surface area contributed by atoms with E-state index in [4.69, 9.17) is 11.1 Å². The monoisotopic (exact) mass is 279 g/mol. The van der Waals surface area contributed by atoms with Gasteiger partial charge in [-0.25, -0.2) is 4.39 Å². The quantitative estimate of drug-likeness (QED) is 0.432. The first kappa shape index (κ1) is 16.5. The van der Waals surface area contributed by atoms with Gasteiger partial charge in [-0.3, -0.25) is 5.41 Å². The van der Waals surface area contributed by atoms with E-state index in [-0.39, 0.29) is 17.1 Å². The molecule has 1 aromatic rings. The number of halogens is 1. The first-order valence-corrected chi connectivity index (χ1v) is 7.22. The molecule has 0 unspecified atom stereocenters. The topological polar surface area (TPSA) is 53.1 Å². The van der Waals surface area contributed by atoms with Crippen LogP contribution in [0.15, 0.2) is 24.3 Å². The zero-order valence-electron chi connectivity index (χ0n) is 12.7. The smallest absolute Gasteiger partial charge is 0.123 e. The van der Waals surface area contributed by atoms with Crippen molar-refractivity contribution in [3.8, 4) is 0 Å². The number of hydrogen-bond donors (Lipinski definition) is 2. The second-order valence-corrected chi connectivity index (χ2v) is 5.81. The molecule has 0 fully saturated rings. The van der Waals surface area contributed by atoms with E-state index in [1.807, 2.05) is 26.0 Å². The normalized spacial score (nSPS) is 11.4. The average molecular weight is 279 g/mol. The van der Waals surface area contributed by atoms with Crippen LogP contribution in [0.4, 0.5) is 10.1 Å². The summed E-state index contributed by atoms with van der Waals surface area (Å²) in [6.07, 6.45) is 3.00. The first-order chi connectivity index (χ1) is 9.36. The number of amidine groups is 1. The summed E-state index contributed by atoms with van der Waals surface area (Å²) in [5, 5.41) is 7.54. The van der Waals surface area contributed by atoms with Gasteiger partial charge in [0, 0.05) is 24.2 Å². The van der Waals surface area contributed by atoms with Gasteiger partial charge in [0.25, 0.3) is 0 Å². The van der Waals surface area contributed by atoms with Gasteiger partial charge < -0.3 is 10.6 Å². The van der Waals surface area contributed by atoms with Gasteiger partial charge >= 0.3 is 0 Å². The van der Waals surface area contributed by atoms with Crippen molar-refractivity contribution in [2.75, 3.05) is 18.0 Å². The molecule has 20 heavy (non-hydrogen) atoms. The lowest BCUT2D eigenvalue weighted by molar-refractivity contribution is 0.441. The van der Waals surface area contributed by atoms with E-state index in [0.717, 1.165) is 38.0 Å². The third kappa shape index (κ3) is 4.83. The lowest BCUT2D eigenvalue weighted by atomic mass is 9.86. The Balaban J connectivity index is 2.43. The largest absolute Gasteiger partial charge is 0.387 e. The Kier molecular flexibility index (Phi) is 5.99. The van der Waals surface area contributed by atoms with Gasteiger partial charge in [0.2, 0.25) is 0 Å². The van der Waals surface area contributed by atoms with Crippen molar-refractivity contribution >= 4 is 11.5 Å². The van der Waals surface area contributed by atoms with Crippen molar-refractivity contribution in [1.82, 2.24) is 0 Å². The van der Waals surface area contributed by atoms with E-state index in [9.17, 15) is 4.39 Å². The zero-order valence-corrected chi connectivity index (χ0v) is 12.7. The summed E-state index contributed by atoms with van der Waals surface area (Å²) in [5.41, 5.74) is 6.42.